The van der Waals surface area contributed by atoms with Gasteiger partial charge in [-0.05, 0) is 18.9 Å². The molecule has 4 rings (SSSR count). The molecule has 1 aliphatic carbocycles. The molecule has 1 saturated carbocycles. The third-order valence-electron chi connectivity index (χ3n) is 5.88. The maximum absolute atomic E-state index is 11.3. The molecule has 0 radical (unpaired) electrons. The van der Waals surface area contributed by atoms with Crippen LogP contribution in [-0.2, 0) is 32.0 Å². The fourth-order valence-electron chi connectivity index (χ4n) is 3.65. The van der Waals surface area contributed by atoms with Gasteiger partial charge in [-0.25, -0.2) is 9.78 Å². The molecule has 2 heterocycles. The second kappa shape index (κ2) is 8.73. The molecule has 2 aliphatic rings. The van der Waals surface area contributed by atoms with Gasteiger partial charge in [-0.2, -0.15) is 0 Å². The highest BCUT2D eigenvalue weighted by atomic mass is 32.1. The Morgan fingerprint density at radius 3 is 2.52 bits per heavy atom. The van der Waals surface area contributed by atoms with Gasteiger partial charge in [0.2, 0.25) is 0 Å². The zero-order valence-electron chi connectivity index (χ0n) is 17.4. The molecule has 2 aromatic rings. The molecule has 1 aromatic carbocycles. The minimum atomic E-state index is -0.465. The van der Waals surface area contributed by atoms with Gasteiger partial charge in [-0.3, -0.25) is 0 Å². The van der Waals surface area contributed by atoms with E-state index in [1.54, 1.807) is 11.3 Å². The first-order valence-corrected chi connectivity index (χ1v) is 10.8. The van der Waals surface area contributed by atoms with Crippen LogP contribution in [0, 0.1) is 5.41 Å². The highest BCUT2D eigenvalue weighted by molar-refractivity contribution is 7.13. The number of aromatic nitrogens is 1. The van der Waals surface area contributed by atoms with Crippen molar-refractivity contribution in [2.75, 3.05) is 6.61 Å². The van der Waals surface area contributed by atoms with Crippen LogP contribution in [-0.4, -0.2) is 35.5 Å². The zero-order chi connectivity index (χ0) is 21.1. The predicted molar refractivity (Wildman–Crippen MR) is 112 cm³/mol. The van der Waals surface area contributed by atoms with Crippen molar-refractivity contribution in [3.63, 3.8) is 0 Å². The Labute approximate surface area is 175 Å². The summed E-state index contributed by atoms with van der Waals surface area (Å²) in [6.07, 6.45) is 3.24. The number of aryl methyl sites for hydroxylation is 1. The monoisotopic (exact) mass is 416 g/mol. The standard InChI is InChI=1S/C13H13NOS.C9H15NO3/c1-2-10-3-5-11(6-4-10)13-14-12(7-8-15)9-16-13;1-4-12-6-5-9(8(6,2)3)7(11)13-10-9/h3-6,8-9H,2,7H2,1H3;6,10H,4-5H2,1-3H3. The summed E-state index contributed by atoms with van der Waals surface area (Å²) >= 11 is 1.59. The summed E-state index contributed by atoms with van der Waals surface area (Å²) in [6.45, 7) is 8.86. The molecule has 6 nitrogen and oxygen atoms in total. The smallest absolute Gasteiger partial charge is 0.349 e. The SMILES string of the molecule is CCOC1CC2(NOC2=O)C1(C)C.CCc1ccc(-c2nc(CC=O)cs2)cc1. The lowest BCUT2D eigenvalue weighted by molar-refractivity contribution is -0.268. The Hall–Kier alpha value is -2.09. The number of nitrogens with zero attached hydrogens (tertiary/aromatic N) is 1. The van der Waals surface area contributed by atoms with E-state index in [1.807, 2.05) is 26.2 Å². The van der Waals surface area contributed by atoms with Gasteiger partial charge in [0, 0.05) is 35.8 Å². The Balaban J connectivity index is 0.000000169. The third-order valence-corrected chi connectivity index (χ3v) is 6.82. The molecule has 2 unspecified atom stereocenters. The number of hydroxylamine groups is 1. The summed E-state index contributed by atoms with van der Waals surface area (Å²) in [7, 11) is 0. The minimum Gasteiger partial charge on any atom is -0.378 e. The number of hydrogen-bond acceptors (Lipinski definition) is 7. The maximum atomic E-state index is 11.3. The van der Waals surface area contributed by atoms with E-state index in [-0.39, 0.29) is 17.5 Å². The van der Waals surface area contributed by atoms with Crippen LogP contribution in [0.3, 0.4) is 0 Å². The van der Waals surface area contributed by atoms with Crippen molar-refractivity contribution in [3.05, 3.63) is 40.9 Å². The van der Waals surface area contributed by atoms with Crippen molar-refractivity contribution in [2.45, 2.75) is 58.6 Å². The van der Waals surface area contributed by atoms with E-state index in [2.05, 4.69) is 46.5 Å². The van der Waals surface area contributed by atoms with E-state index in [1.165, 1.54) is 5.56 Å². The van der Waals surface area contributed by atoms with E-state index >= 15 is 0 Å². The topological polar surface area (TPSA) is 77.5 Å². The largest absolute Gasteiger partial charge is 0.378 e. The molecule has 1 spiro atoms. The van der Waals surface area contributed by atoms with Gasteiger partial charge >= 0.3 is 5.97 Å². The van der Waals surface area contributed by atoms with Gasteiger partial charge in [0.25, 0.3) is 0 Å². The molecule has 7 heteroatoms. The number of aldehydes is 1. The first kappa shape index (κ1) is 21.6. The molecular weight excluding hydrogens is 388 g/mol. The molecule has 2 atom stereocenters. The summed E-state index contributed by atoms with van der Waals surface area (Å²) < 4.78 is 5.52. The van der Waals surface area contributed by atoms with Crippen LogP contribution in [0.25, 0.3) is 10.6 Å². The first-order chi connectivity index (χ1) is 13.9. The Morgan fingerprint density at radius 1 is 1.31 bits per heavy atom. The summed E-state index contributed by atoms with van der Waals surface area (Å²) in [4.78, 5) is 30.6. The molecule has 29 heavy (non-hydrogen) atoms. The van der Waals surface area contributed by atoms with Gasteiger partial charge < -0.3 is 14.4 Å². The van der Waals surface area contributed by atoms with Crippen molar-refractivity contribution in [2.24, 2.45) is 5.41 Å². The van der Waals surface area contributed by atoms with Crippen molar-refractivity contribution in [3.8, 4) is 10.6 Å². The lowest BCUT2D eigenvalue weighted by Gasteiger charge is -2.61. The van der Waals surface area contributed by atoms with E-state index in [4.69, 9.17) is 4.74 Å². The second-order valence-corrected chi connectivity index (χ2v) is 8.69. The molecule has 0 amide bonds. The summed E-state index contributed by atoms with van der Waals surface area (Å²) in [5, 5.41) is 2.93. The summed E-state index contributed by atoms with van der Waals surface area (Å²) in [6, 6.07) is 8.41. The Kier molecular flexibility index (Phi) is 6.51. The van der Waals surface area contributed by atoms with Crippen molar-refractivity contribution in [1.29, 1.82) is 0 Å². The predicted octanol–water partition coefficient (Wildman–Crippen LogP) is 3.74. The summed E-state index contributed by atoms with van der Waals surface area (Å²) in [5.74, 6) is -0.145. The van der Waals surface area contributed by atoms with Crippen LogP contribution in [0.4, 0.5) is 0 Å². The van der Waals surface area contributed by atoms with Gasteiger partial charge in [-0.1, -0.05) is 45.0 Å². The molecule has 2 fully saturated rings. The number of carbonyl (C=O) groups excluding carboxylic acids is 2. The number of hydrogen-bond donors (Lipinski definition) is 1. The zero-order valence-corrected chi connectivity index (χ0v) is 18.2. The van der Waals surface area contributed by atoms with Crippen LogP contribution in [0.1, 0.15) is 45.4 Å². The second-order valence-electron chi connectivity index (χ2n) is 7.83. The molecule has 1 N–H and O–H groups in total. The quantitative estimate of drug-likeness (QED) is 0.723. The van der Waals surface area contributed by atoms with E-state index in [0.29, 0.717) is 13.0 Å². The Bertz CT molecular complexity index is 862. The summed E-state index contributed by atoms with van der Waals surface area (Å²) in [5.41, 5.74) is 5.45. The molecule has 1 aromatic heterocycles. The third kappa shape index (κ3) is 3.99. The lowest BCUT2D eigenvalue weighted by atomic mass is 9.53. The van der Waals surface area contributed by atoms with Gasteiger partial charge in [0.1, 0.15) is 11.3 Å². The number of carbonyl (C=O) groups is 2. The van der Waals surface area contributed by atoms with Crippen LogP contribution in [0.5, 0.6) is 0 Å². The van der Waals surface area contributed by atoms with E-state index < -0.39 is 5.54 Å². The van der Waals surface area contributed by atoms with Crippen LogP contribution < -0.4 is 5.48 Å². The van der Waals surface area contributed by atoms with E-state index in [0.717, 1.165) is 35.4 Å². The number of rotatable bonds is 6. The minimum absolute atomic E-state index is 0.145. The maximum Gasteiger partial charge on any atom is 0.349 e. The van der Waals surface area contributed by atoms with Crippen molar-refractivity contribution < 1.29 is 19.2 Å². The fourth-order valence-corrected chi connectivity index (χ4v) is 4.48. The first-order valence-electron chi connectivity index (χ1n) is 9.95. The number of nitrogens with one attached hydrogen (secondary N) is 1. The van der Waals surface area contributed by atoms with Gasteiger partial charge in [0.15, 0.2) is 5.54 Å². The average molecular weight is 417 g/mol. The normalized spacial score (nSPS) is 24.0. The molecule has 156 valence electrons. The number of ether oxygens (including phenoxy) is 1. The van der Waals surface area contributed by atoms with Crippen LogP contribution in [0.15, 0.2) is 29.6 Å². The van der Waals surface area contributed by atoms with Gasteiger partial charge in [-0.15, -0.1) is 16.8 Å². The number of thiazole rings is 1. The highest BCUT2D eigenvalue weighted by Gasteiger charge is 2.71. The van der Waals surface area contributed by atoms with Crippen molar-refractivity contribution in [1.82, 2.24) is 10.5 Å². The molecule has 1 saturated heterocycles. The van der Waals surface area contributed by atoms with Crippen LogP contribution in [0.2, 0.25) is 0 Å². The molecule has 1 aliphatic heterocycles. The lowest BCUT2D eigenvalue weighted by Crippen LogP contribution is -2.82. The highest BCUT2D eigenvalue weighted by Crippen LogP contribution is 2.54. The van der Waals surface area contributed by atoms with Gasteiger partial charge in [0.05, 0.1) is 11.8 Å². The van der Waals surface area contributed by atoms with E-state index in [9.17, 15) is 9.59 Å². The number of benzene rings is 1. The average Bonchev–Trinajstić information content (AvgIpc) is 3.19. The van der Waals surface area contributed by atoms with Crippen LogP contribution >= 0.6 is 11.3 Å². The molecular formula is C22H28N2O4S. The van der Waals surface area contributed by atoms with Crippen molar-refractivity contribution >= 4 is 23.6 Å². The fraction of sp³-hybridized carbons (Fsp3) is 0.500. The Morgan fingerprint density at radius 2 is 2.03 bits per heavy atom. The molecule has 0 bridgehead atoms.